The largest absolute Gasteiger partial charge is 0.256 e. The summed E-state index contributed by atoms with van der Waals surface area (Å²) in [7, 11) is 0. The number of rotatable bonds is 1. The van der Waals surface area contributed by atoms with Gasteiger partial charge in [0.25, 0.3) is 0 Å². The van der Waals surface area contributed by atoms with Crippen molar-refractivity contribution in [1.82, 2.24) is 4.98 Å². The molecule has 25 heavy (non-hydrogen) atoms. The Morgan fingerprint density at radius 3 is 2.36 bits per heavy atom. The highest BCUT2D eigenvalue weighted by atomic mass is 14.7. The van der Waals surface area contributed by atoms with Crippen LogP contribution in [0.4, 0.5) is 0 Å². The smallest absolute Gasteiger partial charge is 0.0748 e. The number of hydrogen-bond donors (Lipinski definition) is 0. The molecule has 3 aromatic carbocycles. The lowest BCUT2D eigenvalue weighted by atomic mass is 9.80. The molecule has 0 amide bonds. The van der Waals surface area contributed by atoms with Gasteiger partial charge in [-0.05, 0) is 39.1 Å². The predicted octanol–water partition coefficient (Wildman–Crippen LogP) is 6.21. The molecular weight excluding hydrogens is 302 g/mol. The fraction of sp³-hybridized carbons (Fsp3) is 0.125. The van der Waals surface area contributed by atoms with Crippen molar-refractivity contribution in [2.75, 3.05) is 0 Å². The summed E-state index contributed by atoms with van der Waals surface area (Å²) in [4.78, 5) is 4.78. The van der Waals surface area contributed by atoms with E-state index in [-0.39, 0.29) is 5.41 Å². The van der Waals surface area contributed by atoms with E-state index in [2.05, 4.69) is 86.6 Å². The van der Waals surface area contributed by atoms with E-state index in [0.29, 0.717) is 0 Å². The summed E-state index contributed by atoms with van der Waals surface area (Å²) < 4.78 is 0. The second kappa shape index (κ2) is 5.03. The number of aromatic nitrogens is 1. The number of fused-ring (bicyclic) bond motifs is 5. The summed E-state index contributed by atoms with van der Waals surface area (Å²) in [6.45, 7) is 4.64. The third-order valence-electron chi connectivity index (χ3n) is 5.49. The lowest BCUT2D eigenvalue weighted by Gasteiger charge is -2.23. The molecule has 120 valence electrons. The predicted molar refractivity (Wildman–Crippen MR) is 105 cm³/mol. The van der Waals surface area contributed by atoms with Gasteiger partial charge in [0.15, 0.2) is 0 Å². The highest BCUT2D eigenvalue weighted by molar-refractivity contribution is 6.03. The van der Waals surface area contributed by atoms with Gasteiger partial charge in [0, 0.05) is 17.2 Å². The van der Waals surface area contributed by atoms with E-state index >= 15 is 0 Å². The van der Waals surface area contributed by atoms with Gasteiger partial charge in [-0.15, -0.1) is 0 Å². The van der Waals surface area contributed by atoms with Crippen LogP contribution in [0.1, 0.15) is 25.0 Å². The average Bonchev–Trinajstić information content (AvgIpc) is 2.90. The summed E-state index contributed by atoms with van der Waals surface area (Å²) in [5, 5.41) is 2.63. The molecule has 0 aliphatic heterocycles. The zero-order valence-corrected chi connectivity index (χ0v) is 14.5. The summed E-state index contributed by atoms with van der Waals surface area (Å²) in [6.07, 6.45) is 1.95. The Morgan fingerprint density at radius 2 is 1.52 bits per heavy atom. The van der Waals surface area contributed by atoms with Crippen molar-refractivity contribution in [2.45, 2.75) is 19.3 Å². The van der Waals surface area contributed by atoms with Gasteiger partial charge < -0.3 is 0 Å². The quantitative estimate of drug-likeness (QED) is 0.406. The van der Waals surface area contributed by atoms with Crippen LogP contribution in [-0.2, 0) is 5.41 Å². The normalized spacial score (nSPS) is 14.3. The molecule has 0 bridgehead atoms. The van der Waals surface area contributed by atoms with Crippen LogP contribution in [0.3, 0.4) is 0 Å². The van der Waals surface area contributed by atoms with E-state index in [4.69, 9.17) is 4.98 Å². The van der Waals surface area contributed by atoms with Gasteiger partial charge in [-0.3, -0.25) is 4.98 Å². The molecule has 1 aliphatic rings. The molecule has 0 radical (unpaired) electrons. The van der Waals surface area contributed by atoms with Gasteiger partial charge in [-0.1, -0.05) is 80.6 Å². The summed E-state index contributed by atoms with van der Waals surface area (Å²) in [5.74, 6) is 0. The Balaban J connectivity index is 1.91. The summed E-state index contributed by atoms with van der Waals surface area (Å²) in [6, 6.07) is 25.9. The van der Waals surface area contributed by atoms with Gasteiger partial charge in [-0.25, -0.2) is 0 Å². The number of benzene rings is 3. The van der Waals surface area contributed by atoms with Crippen LogP contribution in [0.5, 0.6) is 0 Å². The minimum Gasteiger partial charge on any atom is -0.256 e. The standard InChI is InChI=1S/C24H19N/c1-24(2)20-13-12-16-8-6-7-11-18(16)21(20)19-14-15-25-23(22(19)24)17-9-4-3-5-10-17/h3-15H,1-2H3. The van der Waals surface area contributed by atoms with Crippen LogP contribution in [0.2, 0.25) is 0 Å². The minimum absolute atomic E-state index is 0.0614. The van der Waals surface area contributed by atoms with E-state index in [1.165, 1.54) is 38.6 Å². The third kappa shape index (κ3) is 1.93. The van der Waals surface area contributed by atoms with Gasteiger partial charge in [0.2, 0.25) is 0 Å². The Labute approximate surface area is 148 Å². The van der Waals surface area contributed by atoms with Gasteiger partial charge >= 0.3 is 0 Å². The van der Waals surface area contributed by atoms with Gasteiger partial charge in [0.05, 0.1) is 5.69 Å². The highest BCUT2D eigenvalue weighted by Crippen LogP contribution is 2.53. The second-order valence-corrected chi connectivity index (χ2v) is 7.28. The number of hydrogen-bond acceptors (Lipinski definition) is 1. The zero-order chi connectivity index (χ0) is 17.0. The first kappa shape index (κ1) is 14.4. The van der Waals surface area contributed by atoms with E-state index in [1.54, 1.807) is 0 Å². The van der Waals surface area contributed by atoms with Crippen LogP contribution in [0, 0.1) is 0 Å². The van der Waals surface area contributed by atoms with E-state index in [0.717, 1.165) is 5.69 Å². The van der Waals surface area contributed by atoms with Gasteiger partial charge in [-0.2, -0.15) is 0 Å². The molecule has 1 heterocycles. The fourth-order valence-corrected chi connectivity index (χ4v) is 4.33. The summed E-state index contributed by atoms with van der Waals surface area (Å²) >= 11 is 0. The third-order valence-corrected chi connectivity index (χ3v) is 5.49. The molecule has 1 aliphatic carbocycles. The van der Waals surface area contributed by atoms with E-state index < -0.39 is 0 Å². The van der Waals surface area contributed by atoms with Crippen molar-refractivity contribution in [3.63, 3.8) is 0 Å². The Hall–Kier alpha value is -2.93. The molecule has 0 fully saturated rings. The number of nitrogens with zero attached hydrogens (tertiary/aromatic N) is 1. The van der Waals surface area contributed by atoms with Crippen LogP contribution >= 0.6 is 0 Å². The lowest BCUT2D eigenvalue weighted by molar-refractivity contribution is 0.660. The van der Waals surface area contributed by atoms with Crippen LogP contribution in [0.25, 0.3) is 33.2 Å². The first-order chi connectivity index (χ1) is 12.2. The molecule has 1 heteroatoms. The lowest BCUT2D eigenvalue weighted by Crippen LogP contribution is -2.16. The van der Waals surface area contributed by atoms with Crippen molar-refractivity contribution >= 4 is 10.8 Å². The molecule has 5 rings (SSSR count). The summed E-state index contributed by atoms with van der Waals surface area (Å²) in [5.41, 5.74) is 7.66. The topological polar surface area (TPSA) is 12.9 Å². The van der Waals surface area contributed by atoms with Gasteiger partial charge in [0.1, 0.15) is 0 Å². The van der Waals surface area contributed by atoms with Crippen LogP contribution in [0.15, 0.2) is 79.0 Å². The second-order valence-electron chi connectivity index (χ2n) is 7.28. The van der Waals surface area contributed by atoms with Crippen LogP contribution in [-0.4, -0.2) is 4.98 Å². The minimum atomic E-state index is -0.0614. The molecule has 0 unspecified atom stereocenters. The monoisotopic (exact) mass is 321 g/mol. The molecule has 1 aromatic heterocycles. The van der Waals surface area contributed by atoms with E-state index in [1.807, 2.05) is 6.20 Å². The fourth-order valence-electron chi connectivity index (χ4n) is 4.33. The van der Waals surface area contributed by atoms with Crippen LogP contribution < -0.4 is 0 Å². The molecule has 0 spiro atoms. The molecular formula is C24H19N. The molecule has 0 saturated carbocycles. The van der Waals surface area contributed by atoms with Crippen molar-refractivity contribution < 1.29 is 0 Å². The van der Waals surface area contributed by atoms with Crippen molar-refractivity contribution in [1.29, 1.82) is 0 Å². The molecule has 4 aromatic rings. The zero-order valence-electron chi connectivity index (χ0n) is 14.5. The maximum atomic E-state index is 4.78. The Morgan fingerprint density at radius 1 is 0.760 bits per heavy atom. The SMILES string of the molecule is CC1(C)c2ccc3ccccc3c2-c2ccnc(-c3ccccc3)c21. The van der Waals surface area contributed by atoms with Crippen molar-refractivity contribution in [3.8, 4) is 22.4 Å². The molecule has 0 atom stereocenters. The van der Waals surface area contributed by atoms with Crippen molar-refractivity contribution in [3.05, 3.63) is 90.1 Å². The molecule has 0 N–H and O–H groups in total. The first-order valence-electron chi connectivity index (χ1n) is 8.75. The Kier molecular flexibility index (Phi) is 2.90. The first-order valence-corrected chi connectivity index (χ1v) is 8.75. The maximum absolute atomic E-state index is 4.78. The van der Waals surface area contributed by atoms with Crippen molar-refractivity contribution in [2.24, 2.45) is 0 Å². The molecule has 1 nitrogen and oxygen atoms in total. The molecule has 0 saturated heterocycles. The maximum Gasteiger partial charge on any atom is 0.0748 e. The number of pyridine rings is 1. The average molecular weight is 321 g/mol. The Bertz CT molecular complexity index is 1110. The van der Waals surface area contributed by atoms with E-state index in [9.17, 15) is 0 Å². The highest BCUT2D eigenvalue weighted by Gasteiger charge is 2.38.